The average molecular weight is 222 g/mol. The Labute approximate surface area is 92.8 Å². The summed E-state index contributed by atoms with van der Waals surface area (Å²) in [5, 5.41) is 14.4. The number of nitrogens with zero attached hydrogens (tertiary/aromatic N) is 5. The molecule has 86 valence electrons. The molecule has 0 spiro atoms. The van der Waals surface area contributed by atoms with E-state index in [1.165, 1.54) is 0 Å². The van der Waals surface area contributed by atoms with Gasteiger partial charge in [-0.15, -0.1) is 5.10 Å². The molecule has 1 unspecified atom stereocenters. The molecule has 1 N–H and O–H groups in total. The summed E-state index contributed by atoms with van der Waals surface area (Å²) in [6.45, 7) is 5.37. The Morgan fingerprint density at radius 1 is 1.50 bits per heavy atom. The van der Waals surface area contributed by atoms with Crippen LogP contribution >= 0.6 is 0 Å². The highest BCUT2D eigenvalue weighted by molar-refractivity contribution is 5.43. The van der Waals surface area contributed by atoms with Crippen molar-refractivity contribution in [3.05, 3.63) is 12.4 Å². The molecule has 2 aromatic heterocycles. The number of rotatable bonds is 5. The minimum absolute atomic E-state index is 0.136. The predicted octanol–water partition coefficient (Wildman–Crippen LogP) is 0.356. The van der Waals surface area contributed by atoms with Gasteiger partial charge in [-0.3, -0.25) is 4.98 Å². The Bertz CT molecular complexity index is 456. The van der Waals surface area contributed by atoms with E-state index in [2.05, 4.69) is 25.8 Å². The van der Waals surface area contributed by atoms with E-state index in [9.17, 15) is 0 Å². The molecular weight excluding hydrogens is 208 g/mol. The van der Waals surface area contributed by atoms with Crippen LogP contribution in [0.3, 0.4) is 0 Å². The van der Waals surface area contributed by atoms with Gasteiger partial charge in [-0.25, -0.2) is 0 Å². The average Bonchev–Trinajstić information content (AvgIpc) is 2.75. The highest BCUT2D eigenvalue weighted by atomic mass is 16.5. The normalized spacial score (nSPS) is 12.9. The second kappa shape index (κ2) is 4.84. The summed E-state index contributed by atoms with van der Waals surface area (Å²) >= 11 is 0. The molecule has 0 fully saturated rings. The molecule has 2 heterocycles. The lowest BCUT2D eigenvalue weighted by Gasteiger charge is -2.13. The summed E-state index contributed by atoms with van der Waals surface area (Å²) in [7, 11) is 0. The van der Waals surface area contributed by atoms with Gasteiger partial charge < -0.3 is 10.1 Å². The number of aromatic nitrogens is 5. The van der Waals surface area contributed by atoms with Crippen LogP contribution in [0.1, 0.15) is 13.8 Å². The SMILES string of the molecule is CCOC(C)CNc1cncc2nnnn12. The lowest BCUT2D eigenvalue weighted by molar-refractivity contribution is 0.0854. The molecule has 0 aliphatic heterocycles. The van der Waals surface area contributed by atoms with Gasteiger partial charge in [-0.05, 0) is 24.3 Å². The van der Waals surface area contributed by atoms with Crippen LogP contribution in [0.5, 0.6) is 0 Å². The van der Waals surface area contributed by atoms with Crippen molar-refractivity contribution in [3.8, 4) is 0 Å². The molecule has 0 amide bonds. The monoisotopic (exact) mass is 222 g/mol. The van der Waals surface area contributed by atoms with E-state index in [-0.39, 0.29) is 6.10 Å². The van der Waals surface area contributed by atoms with Crippen molar-refractivity contribution in [3.63, 3.8) is 0 Å². The first-order valence-corrected chi connectivity index (χ1v) is 5.19. The molecule has 16 heavy (non-hydrogen) atoms. The first-order valence-electron chi connectivity index (χ1n) is 5.19. The van der Waals surface area contributed by atoms with Crippen molar-refractivity contribution in [2.75, 3.05) is 18.5 Å². The fraction of sp³-hybridized carbons (Fsp3) is 0.556. The number of nitrogens with one attached hydrogen (secondary N) is 1. The molecule has 0 aliphatic rings. The molecular formula is C9H14N6O. The van der Waals surface area contributed by atoms with Gasteiger partial charge in [0.1, 0.15) is 0 Å². The van der Waals surface area contributed by atoms with Crippen LogP contribution in [0.15, 0.2) is 12.4 Å². The number of tetrazole rings is 1. The van der Waals surface area contributed by atoms with Gasteiger partial charge in [0, 0.05) is 13.2 Å². The summed E-state index contributed by atoms with van der Waals surface area (Å²) in [5.74, 6) is 0.758. The van der Waals surface area contributed by atoms with Crippen molar-refractivity contribution < 1.29 is 4.74 Å². The second-order valence-electron chi connectivity index (χ2n) is 3.39. The fourth-order valence-corrected chi connectivity index (χ4v) is 1.39. The van der Waals surface area contributed by atoms with E-state index >= 15 is 0 Å². The number of anilines is 1. The van der Waals surface area contributed by atoms with Gasteiger partial charge in [0.2, 0.25) is 0 Å². The van der Waals surface area contributed by atoms with E-state index in [0.29, 0.717) is 18.8 Å². The Hall–Kier alpha value is -1.76. The zero-order chi connectivity index (χ0) is 11.4. The van der Waals surface area contributed by atoms with Crippen molar-refractivity contribution in [1.82, 2.24) is 25.0 Å². The third-order valence-corrected chi connectivity index (χ3v) is 2.13. The van der Waals surface area contributed by atoms with E-state index in [1.54, 1.807) is 16.9 Å². The molecule has 0 bridgehead atoms. The van der Waals surface area contributed by atoms with E-state index in [0.717, 1.165) is 5.82 Å². The third-order valence-electron chi connectivity index (χ3n) is 2.13. The number of hydrogen-bond donors (Lipinski definition) is 1. The minimum Gasteiger partial charge on any atom is -0.377 e. The highest BCUT2D eigenvalue weighted by Gasteiger charge is 2.05. The zero-order valence-corrected chi connectivity index (χ0v) is 9.29. The minimum atomic E-state index is 0.136. The predicted molar refractivity (Wildman–Crippen MR) is 58.2 cm³/mol. The Morgan fingerprint density at radius 2 is 2.38 bits per heavy atom. The van der Waals surface area contributed by atoms with E-state index in [4.69, 9.17) is 4.74 Å². The van der Waals surface area contributed by atoms with Gasteiger partial charge in [-0.1, -0.05) is 0 Å². The van der Waals surface area contributed by atoms with Gasteiger partial charge in [-0.2, -0.15) is 4.52 Å². The van der Waals surface area contributed by atoms with Crippen molar-refractivity contribution in [2.45, 2.75) is 20.0 Å². The maximum Gasteiger partial charge on any atom is 0.199 e. The molecule has 0 aromatic carbocycles. The molecule has 0 radical (unpaired) electrons. The maximum absolute atomic E-state index is 5.41. The van der Waals surface area contributed by atoms with Gasteiger partial charge in [0.25, 0.3) is 0 Å². The molecule has 0 saturated heterocycles. The van der Waals surface area contributed by atoms with Crippen LogP contribution in [0.2, 0.25) is 0 Å². The molecule has 7 nitrogen and oxygen atoms in total. The topological polar surface area (TPSA) is 77.2 Å². The van der Waals surface area contributed by atoms with Gasteiger partial charge in [0.15, 0.2) is 11.5 Å². The first-order chi connectivity index (χ1) is 7.81. The maximum atomic E-state index is 5.41. The van der Waals surface area contributed by atoms with Gasteiger partial charge in [0.05, 0.1) is 18.5 Å². The third kappa shape index (κ3) is 2.25. The van der Waals surface area contributed by atoms with Crippen molar-refractivity contribution in [1.29, 1.82) is 0 Å². The van der Waals surface area contributed by atoms with Crippen molar-refractivity contribution >= 4 is 11.5 Å². The Morgan fingerprint density at radius 3 is 3.19 bits per heavy atom. The van der Waals surface area contributed by atoms with Crippen LogP contribution < -0.4 is 5.32 Å². The van der Waals surface area contributed by atoms with Crippen molar-refractivity contribution in [2.24, 2.45) is 0 Å². The number of hydrogen-bond acceptors (Lipinski definition) is 6. The summed E-state index contributed by atoms with van der Waals surface area (Å²) < 4.78 is 7.02. The Balaban J connectivity index is 2.06. The van der Waals surface area contributed by atoms with Crippen LogP contribution in [-0.4, -0.2) is 44.3 Å². The summed E-state index contributed by atoms with van der Waals surface area (Å²) in [6.07, 6.45) is 3.43. The lowest BCUT2D eigenvalue weighted by atomic mass is 10.4. The molecule has 1 atom stereocenters. The van der Waals surface area contributed by atoms with Crippen LogP contribution in [0.4, 0.5) is 5.82 Å². The second-order valence-corrected chi connectivity index (χ2v) is 3.39. The summed E-state index contributed by atoms with van der Waals surface area (Å²) in [6, 6.07) is 0. The zero-order valence-electron chi connectivity index (χ0n) is 9.29. The van der Waals surface area contributed by atoms with E-state index < -0.39 is 0 Å². The molecule has 0 aliphatic carbocycles. The van der Waals surface area contributed by atoms with E-state index in [1.807, 2.05) is 13.8 Å². The number of fused-ring (bicyclic) bond motifs is 1. The summed E-state index contributed by atoms with van der Waals surface area (Å²) in [4.78, 5) is 4.04. The molecule has 2 rings (SSSR count). The largest absolute Gasteiger partial charge is 0.377 e. The molecule has 2 aromatic rings. The summed E-state index contributed by atoms with van der Waals surface area (Å²) in [5.41, 5.74) is 0.620. The van der Waals surface area contributed by atoms with Crippen LogP contribution in [-0.2, 0) is 4.74 Å². The lowest BCUT2D eigenvalue weighted by Crippen LogP contribution is -2.21. The van der Waals surface area contributed by atoms with Gasteiger partial charge >= 0.3 is 0 Å². The standard InChI is InChI=1S/C9H14N6O/c1-3-16-7(2)4-11-8-5-10-6-9-12-13-14-15(8)9/h5-7,11H,3-4H2,1-2H3. The van der Waals surface area contributed by atoms with Crippen LogP contribution in [0.25, 0.3) is 5.65 Å². The smallest absolute Gasteiger partial charge is 0.199 e. The van der Waals surface area contributed by atoms with Crippen LogP contribution in [0, 0.1) is 0 Å². The Kier molecular flexibility index (Phi) is 3.25. The fourth-order valence-electron chi connectivity index (χ4n) is 1.39. The molecule has 0 saturated carbocycles. The number of ether oxygens (including phenoxy) is 1. The molecule has 7 heteroatoms. The highest BCUT2D eigenvalue weighted by Crippen LogP contribution is 2.05. The quantitative estimate of drug-likeness (QED) is 0.786. The first kappa shape index (κ1) is 10.7.